The van der Waals surface area contributed by atoms with Crippen LogP contribution in [0, 0.1) is 0 Å². The summed E-state index contributed by atoms with van der Waals surface area (Å²) in [6.07, 6.45) is 3.49. The van der Waals surface area contributed by atoms with Gasteiger partial charge in [-0.05, 0) is 73.1 Å². The second kappa shape index (κ2) is 8.79. The van der Waals surface area contributed by atoms with Gasteiger partial charge in [-0.25, -0.2) is 4.79 Å². The van der Waals surface area contributed by atoms with Crippen LogP contribution in [0.3, 0.4) is 0 Å². The molecule has 3 nitrogen and oxygen atoms in total. The van der Waals surface area contributed by atoms with Gasteiger partial charge in [-0.2, -0.15) is 0 Å². The van der Waals surface area contributed by atoms with Crippen LogP contribution in [-0.2, 0) is 4.74 Å². The predicted octanol–water partition coefficient (Wildman–Crippen LogP) is 6.00. The number of carbonyl (C=O) groups is 1. The number of hydrogen-bond donors (Lipinski definition) is 1. The highest BCUT2D eigenvalue weighted by molar-refractivity contribution is 5.89. The van der Waals surface area contributed by atoms with Gasteiger partial charge >= 0.3 is 5.97 Å². The van der Waals surface area contributed by atoms with E-state index in [2.05, 4.69) is 66.8 Å². The average molecular weight is 388 g/mol. The number of benzene rings is 3. The first-order valence-corrected chi connectivity index (χ1v) is 10.7. The molecule has 3 atom stereocenters. The van der Waals surface area contributed by atoms with Crippen LogP contribution in [0.4, 0.5) is 0 Å². The van der Waals surface area contributed by atoms with Gasteiger partial charge in [0.2, 0.25) is 0 Å². The molecule has 0 heterocycles. The standard InChI is InChI=1S/C26H29NO2/c1-3-29-26(28)21-13-11-19(12-14-21)22-15-16-23(17-22)27-18(2)24-10-6-8-20-7-4-5-9-25(20)24/h4-14,18,22-23,27H,3,15-17H2,1-2H3/t18-,22?,23?/m1/s1. The molecule has 1 aliphatic rings. The Labute approximate surface area is 173 Å². The van der Waals surface area contributed by atoms with E-state index in [-0.39, 0.29) is 5.97 Å². The lowest BCUT2D eigenvalue weighted by Crippen LogP contribution is -2.29. The van der Waals surface area contributed by atoms with Crippen molar-refractivity contribution in [3.63, 3.8) is 0 Å². The Morgan fingerprint density at radius 2 is 1.79 bits per heavy atom. The second-order valence-corrected chi connectivity index (χ2v) is 8.01. The quantitative estimate of drug-likeness (QED) is 0.527. The third-order valence-corrected chi connectivity index (χ3v) is 6.10. The minimum atomic E-state index is -0.242. The van der Waals surface area contributed by atoms with Crippen LogP contribution in [0.1, 0.15) is 66.6 Å². The topological polar surface area (TPSA) is 38.3 Å². The van der Waals surface area contributed by atoms with E-state index in [4.69, 9.17) is 4.74 Å². The molecule has 4 rings (SSSR count). The van der Waals surface area contributed by atoms with E-state index in [1.54, 1.807) is 0 Å². The predicted molar refractivity (Wildman–Crippen MR) is 118 cm³/mol. The lowest BCUT2D eigenvalue weighted by molar-refractivity contribution is 0.0526. The lowest BCUT2D eigenvalue weighted by Gasteiger charge is -2.21. The third-order valence-electron chi connectivity index (χ3n) is 6.10. The van der Waals surface area contributed by atoms with Crippen LogP contribution in [-0.4, -0.2) is 18.6 Å². The molecular weight excluding hydrogens is 358 g/mol. The molecule has 1 aliphatic carbocycles. The zero-order valence-electron chi connectivity index (χ0n) is 17.2. The van der Waals surface area contributed by atoms with Gasteiger partial charge in [-0.3, -0.25) is 0 Å². The van der Waals surface area contributed by atoms with Gasteiger partial charge in [0.15, 0.2) is 0 Å². The van der Waals surface area contributed by atoms with Gasteiger partial charge in [0.1, 0.15) is 0 Å². The van der Waals surface area contributed by atoms with Crippen LogP contribution in [0.15, 0.2) is 66.7 Å². The Kier molecular flexibility index (Phi) is 5.96. The van der Waals surface area contributed by atoms with Gasteiger partial charge < -0.3 is 10.1 Å². The fourth-order valence-electron chi connectivity index (χ4n) is 4.61. The van der Waals surface area contributed by atoms with E-state index in [0.29, 0.717) is 30.2 Å². The zero-order valence-corrected chi connectivity index (χ0v) is 17.2. The molecule has 0 amide bonds. The molecule has 150 valence electrons. The number of esters is 1. The van der Waals surface area contributed by atoms with E-state index in [1.165, 1.54) is 34.7 Å². The van der Waals surface area contributed by atoms with Gasteiger partial charge in [-0.1, -0.05) is 54.6 Å². The van der Waals surface area contributed by atoms with Crippen molar-refractivity contribution >= 4 is 16.7 Å². The molecule has 1 N–H and O–H groups in total. The van der Waals surface area contributed by atoms with Crippen LogP contribution >= 0.6 is 0 Å². The smallest absolute Gasteiger partial charge is 0.338 e. The van der Waals surface area contributed by atoms with Crippen LogP contribution in [0.5, 0.6) is 0 Å². The molecule has 0 spiro atoms. The Morgan fingerprint density at radius 3 is 2.59 bits per heavy atom. The van der Waals surface area contributed by atoms with E-state index in [0.717, 1.165) is 6.42 Å². The Bertz CT molecular complexity index is 974. The summed E-state index contributed by atoms with van der Waals surface area (Å²) in [7, 11) is 0. The van der Waals surface area contributed by atoms with Crippen LogP contribution < -0.4 is 5.32 Å². The second-order valence-electron chi connectivity index (χ2n) is 8.01. The molecule has 0 bridgehead atoms. The van der Waals surface area contributed by atoms with E-state index in [1.807, 2.05) is 19.1 Å². The van der Waals surface area contributed by atoms with Crippen molar-refractivity contribution in [3.8, 4) is 0 Å². The maximum atomic E-state index is 11.8. The summed E-state index contributed by atoms with van der Waals surface area (Å²) in [6, 6.07) is 24.0. The summed E-state index contributed by atoms with van der Waals surface area (Å²) in [5.74, 6) is 0.303. The molecule has 3 aromatic rings. The summed E-state index contributed by atoms with van der Waals surface area (Å²) in [6.45, 7) is 4.51. The first-order chi connectivity index (χ1) is 14.2. The molecule has 1 saturated carbocycles. The summed E-state index contributed by atoms with van der Waals surface area (Å²) in [5, 5.41) is 6.49. The first kappa shape index (κ1) is 19.7. The number of carbonyl (C=O) groups excluding carboxylic acids is 1. The summed E-state index contributed by atoms with van der Waals surface area (Å²) < 4.78 is 5.08. The number of hydrogen-bond acceptors (Lipinski definition) is 3. The minimum Gasteiger partial charge on any atom is -0.462 e. The maximum Gasteiger partial charge on any atom is 0.338 e. The lowest BCUT2D eigenvalue weighted by atomic mass is 9.96. The average Bonchev–Trinajstić information content (AvgIpc) is 3.22. The van der Waals surface area contributed by atoms with Gasteiger partial charge in [-0.15, -0.1) is 0 Å². The summed E-state index contributed by atoms with van der Waals surface area (Å²) >= 11 is 0. The first-order valence-electron chi connectivity index (χ1n) is 10.7. The number of nitrogens with one attached hydrogen (secondary N) is 1. The fraction of sp³-hybridized carbons (Fsp3) is 0.346. The Balaban J connectivity index is 1.40. The molecule has 0 saturated heterocycles. The van der Waals surface area contributed by atoms with Crippen molar-refractivity contribution in [1.29, 1.82) is 0 Å². The van der Waals surface area contributed by atoms with Crippen molar-refractivity contribution in [2.45, 2.75) is 51.1 Å². The van der Waals surface area contributed by atoms with Crippen LogP contribution in [0.2, 0.25) is 0 Å². The fourth-order valence-corrected chi connectivity index (χ4v) is 4.61. The Morgan fingerprint density at radius 1 is 1.03 bits per heavy atom. The molecule has 3 aromatic carbocycles. The molecule has 2 unspecified atom stereocenters. The summed E-state index contributed by atoms with van der Waals surface area (Å²) in [5.41, 5.74) is 3.32. The molecular formula is C26H29NO2. The molecule has 1 fully saturated rings. The highest BCUT2D eigenvalue weighted by Gasteiger charge is 2.27. The highest BCUT2D eigenvalue weighted by Crippen LogP contribution is 2.36. The Hall–Kier alpha value is -2.65. The summed E-state index contributed by atoms with van der Waals surface area (Å²) in [4.78, 5) is 11.8. The van der Waals surface area contributed by atoms with Crippen LogP contribution in [0.25, 0.3) is 10.8 Å². The minimum absolute atomic E-state index is 0.242. The van der Waals surface area contributed by atoms with Crippen molar-refractivity contribution in [1.82, 2.24) is 5.32 Å². The van der Waals surface area contributed by atoms with Gasteiger partial charge in [0.25, 0.3) is 0 Å². The van der Waals surface area contributed by atoms with Crippen molar-refractivity contribution < 1.29 is 9.53 Å². The zero-order chi connectivity index (χ0) is 20.2. The van der Waals surface area contributed by atoms with Gasteiger partial charge in [0, 0.05) is 12.1 Å². The maximum absolute atomic E-state index is 11.8. The van der Waals surface area contributed by atoms with Crippen molar-refractivity contribution in [2.75, 3.05) is 6.61 Å². The number of fused-ring (bicyclic) bond motifs is 1. The molecule has 3 heteroatoms. The number of ether oxygens (including phenoxy) is 1. The monoisotopic (exact) mass is 387 g/mol. The van der Waals surface area contributed by atoms with E-state index in [9.17, 15) is 4.79 Å². The number of rotatable bonds is 6. The van der Waals surface area contributed by atoms with Crippen molar-refractivity contribution in [3.05, 3.63) is 83.4 Å². The van der Waals surface area contributed by atoms with Crippen molar-refractivity contribution in [2.24, 2.45) is 0 Å². The normalized spacial score (nSPS) is 19.9. The third kappa shape index (κ3) is 4.35. The SMILES string of the molecule is CCOC(=O)c1ccc(C2CCC(N[C@H](C)c3cccc4ccccc34)C2)cc1. The molecule has 29 heavy (non-hydrogen) atoms. The molecule has 0 radical (unpaired) electrons. The molecule has 0 aromatic heterocycles. The highest BCUT2D eigenvalue weighted by atomic mass is 16.5. The van der Waals surface area contributed by atoms with E-state index < -0.39 is 0 Å². The van der Waals surface area contributed by atoms with E-state index >= 15 is 0 Å². The largest absolute Gasteiger partial charge is 0.462 e. The molecule has 0 aliphatic heterocycles. The van der Waals surface area contributed by atoms with Gasteiger partial charge in [0.05, 0.1) is 12.2 Å².